The van der Waals surface area contributed by atoms with E-state index < -0.39 is 0 Å². The van der Waals surface area contributed by atoms with Crippen molar-refractivity contribution < 1.29 is 0 Å². The van der Waals surface area contributed by atoms with Crippen LogP contribution < -0.4 is 11.1 Å². The molecule has 1 aromatic carbocycles. The van der Waals surface area contributed by atoms with Gasteiger partial charge in [-0.05, 0) is 36.4 Å². The van der Waals surface area contributed by atoms with E-state index in [2.05, 4.69) is 29.8 Å². The molecule has 0 radical (unpaired) electrons. The van der Waals surface area contributed by atoms with Gasteiger partial charge in [-0.25, -0.2) is 0 Å². The van der Waals surface area contributed by atoms with Crippen molar-refractivity contribution in [1.82, 2.24) is 0 Å². The predicted octanol–water partition coefficient (Wildman–Crippen LogP) is 1.70. The van der Waals surface area contributed by atoms with E-state index in [1.807, 2.05) is 0 Å². The van der Waals surface area contributed by atoms with Gasteiger partial charge < -0.3 is 11.1 Å². The third kappa shape index (κ3) is 1.81. The molecule has 0 amide bonds. The molecule has 1 aromatic rings. The molecule has 0 spiro atoms. The largest absolute Gasteiger partial charge is 0.383 e. The van der Waals surface area contributed by atoms with Gasteiger partial charge in [0.15, 0.2) is 0 Å². The molecule has 2 rings (SSSR count). The van der Waals surface area contributed by atoms with Crippen molar-refractivity contribution in [1.29, 1.82) is 0 Å². The van der Waals surface area contributed by atoms with E-state index in [0.29, 0.717) is 0 Å². The van der Waals surface area contributed by atoms with Crippen LogP contribution in [-0.2, 0) is 6.42 Å². The van der Waals surface area contributed by atoms with E-state index >= 15 is 0 Å². The molecule has 0 aliphatic carbocycles. The summed E-state index contributed by atoms with van der Waals surface area (Å²) in [5.74, 6) is 0. The molecule has 13 heavy (non-hydrogen) atoms. The molecule has 2 nitrogen and oxygen atoms in total. The van der Waals surface area contributed by atoms with E-state index in [9.17, 15) is 0 Å². The summed E-state index contributed by atoms with van der Waals surface area (Å²) in [7, 11) is 0. The maximum Gasteiger partial charge on any atom is 0.0374 e. The number of anilines is 1. The van der Waals surface area contributed by atoms with Gasteiger partial charge in [-0.1, -0.05) is 0 Å². The topological polar surface area (TPSA) is 38.0 Å². The fourth-order valence-corrected chi connectivity index (χ4v) is 2.10. The Morgan fingerprint density at radius 1 is 1.54 bits per heavy atom. The number of nitrogens with one attached hydrogen (secondary N) is 1. The number of benzene rings is 1. The summed E-state index contributed by atoms with van der Waals surface area (Å²) in [5.41, 5.74) is 8.47. The monoisotopic (exact) mass is 194 g/mol. The van der Waals surface area contributed by atoms with Gasteiger partial charge in [0.05, 0.1) is 0 Å². The molecule has 1 heterocycles. The molecule has 1 aliphatic rings. The van der Waals surface area contributed by atoms with Gasteiger partial charge >= 0.3 is 0 Å². The summed E-state index contributed by atoms with van der Waals surface area (Å²) >= 11 is 1.77. The quantitative estimate of drug-likeness (QED) is 0.668. The lowest BCUT2D eigenvalue weighted by atomic mass is 10.0. The Kier molecular flexibility index (Phi) is 2.47. The Morgan fingerprint density at radius 2 is 2.38 bits per heavy atom. The van der Waals surface area contributed by atoms with Crippen LogP contribution >= 0.6 is 11.8 Å². The first-order chi connectivity index (χ1) is 6.29. The van der Waals surface area contributed by atoms with Crippen LogP contribution in [0, 0.1) is 0 Å². The van der Waals surface area contributed by atoms with Gasteiger partial charge in [0.2, 0.25) is 0 Å². The molecule has 0 fully saturated rings. The second-order valence-electron chi connectivity index (χ2n) is 3.37. The number of nitrogens with two attached hydrogens (primary N) is 1. The zero-order chi connectivity index (χ0) is 9.26. The Balaban J connectivity index is 2.32. The summed E-state index contributed by atoms with van der Waals surface area (Å²) in [6.07, 6.45) is 3.09. The summed E-state index contributed by atoms with van der Waals surface area (Å²) < 4.78 is 0. The van der Waals surface area contributed by atoms with Crippen molar-refractivity contribution in [3.05, 3.63) is 23.8 Å². The Morgan fingerprint density at radius 3 is 3.15 bits per heavy atom. The van der Waals surface area contributed by atoms with Crippen molar-refractivity contribution in [3.8, 4) is 0 Å². The normalized spacial score (nSPS) is 20.6. The third-order valence-corrected chi connectivity index (χ3v) is 3.07. The smallest absolute Gasteiger partial charge is 0.0374 e. The second-order valence-corrected chi connectivity index (χ2v) is 4.25. The third-order valence-electron chi connectivity index (χ3n) is 2.35. The summed E-state index contributed by atoms with van der Waals surface area (Å²) in [5, 5.41) is 3.33. The van der Waals surface area contributed by atoms with Crippen LogP contribution in [0.3, 0.4) is 0 Å². The predicted molar refractivity (Wildman–Crippen MR) is 58.4 cm³/mol. The molecule has 0 bridgehead atoms. The average molecular weight is 194 g/mol. The number of thioether (sulfide) groups is 1. The lowest BCUT2D eigenvalue weighted by molar-refractivity contribution is 0.678. The SMILES string of the molecule is CSc1ccc2c(c1)C[C@@H](N)CN2. The van der Waals surface area contributed by atoms with Crippen molar-refractivity contribution >= 4 is 17.4 Å². The minimum Gasteiger partial charge on any atom is -0.383 e. The highest BCUT2D eigenvalue weighted by molar-refractivity contribution is 7.98. The zero-order valence-corrected chi connectivity index (χ0v) is 8.53. The first kappa shape index (κ1) is 8.91. The van der Waals surface area contributed by atoms with E-state index in [4.69, 9.17) is 5.73 Å². The van der Waals surface area contributed by atoms with E-state index in [1.165, 1.54) is 16.1 Å². The Bertz CT molecular complexity index is 312. The molecule has 0 aromatic heterocycles. The molecular formula is C10H14N2S. The van der Waals surface area contributed by atoms with Crippen LogP contribution in [0.2, 0.25) is 0 Å². The zero-order valence-electron chi connectivity index (χ0n) is 7.71. The van der Waals surface area contributed by atoms with Gasteiger partial charge in [-0.3, -0.25) is 0 Å². The fourth-order valence-electron chi connectivity index (χ4n) is 1.63. The molecule has 1 atom stereocenters. The fraction of sp³-hybridized carbons (Fsp3) is 0.400. The maximum absolute atomic E-state index is 5.87. The van der Waals surface area contributed by atoms with Crippen molar-refractivity contribution in [2.24, 2.45) is 5.73 Å². The van der Waals surface area contributed by atoms with Crippen LogP contribution in [0.1, 0.15) is 5.56 Å². The molecule has 0 saturated carbocycles. The van der Waals surface area contributed by atoms with Gasteiger partial charge in [-0.15, -0.1) is 11.8 Å². The van der Waals surface area contributed by atoms with E-state index in [0.717, 1.165) is 13.0 Å². The number of fused-ring (bicyclic) bond motifs is 1. The molecule has 3 heteroatoms. The number of hydrogen-bond donors (Lipinski definition) is 2. The van der Waals surface area contributed by atoms with Crippen molar-refractivity contribution in [2.75, 3.05) is 18.1 Å². The van der Waals surface area contributed by atoms with Crippen LogP contribution in [0.25, 0.3) is 0 Å². The van der Waals surface area contributed by atoms with Crippen molar-refractivity contribution in [3.63, 3.8) is 0 Å². The lowest BCUT2D eigenvalue weighted by Gasteiger charge is -2.23. The minimum atomic E-state index is 0.268. The maximum atomic E-state index is 5.87. The van der Waals surface area contributed by atoms with E-state index in [-0.39, 0.29) is 6.04 Å². The van der Waals surface area contributed by atoms with Gasteiger partial charge in [0.1, 0.15) is 0 Å². The molecule has 70 valence electrons. The molecule has 0 unspecified atom stereocenters. The van der Waals surface area contributed by atoms with Crippen LogP contribution in [-0.4, -0.2) is 18.8 Å². The van der Waals surface area contributed by atoms with Gasteiger partial charge in [0.25, 0.3) is 0 Å². The summed E-state index contributed by atoms with van der Waals surface area (Å²) in [6.45, 7) is 0.894. The lowest BCUT2D eigenvalue weighted by Crippen LogP contribution is -2.35. The summed E-state index contributed by atoms with van der Waals surface area (Å²) in [6, 6.07) is 6.79. The number of rotatable bonds is 1. The first-order valence-electron chi connectivity index (χ1n) is 4.46. The molecule has 0 saturated heterocycles. The number of hydrogen-bond acceptors (Lipinski definition) is 3. The standard InChI is InChI=1S/C10H14N2S/c1-13-9-2-3-10-7(5-9)4-8(11)6-12-10/h2-3,5,8,12H,4,6,11H2,1H3/t8-/m1/s1. The highest BCUT2D eigenvalue weighted by atomic mass is 32.2. The average Bonchev–Trinajstić information content (AvgIpc) is 2.16. The molecule has 3 N–H and O–H groups in total. The van der Waals surface area contributed by atoms with Gasteiger partial charge in [-0.2, -0.15) is 0 Å². The molecule has 1 aliphatic heterocycles. The van der Waals surface area contributed by atoms with Crippen molar-refractivity contribution in [2.45, 2.75) is 17.4 Å². The minimum absolute atomic E-state index is 0.268. The van der Waals surface area contributed by atoms with Crippen LogP contribution in [0.15, 0.2) is 23.1 Å². The summed E-state index contributed by atoms with van der Waals surface area (Å²) in [4.78, 5) is 1.31. The highest BCUT2D eigenvalue weighted by Crippen LogP contribution is 2.26. The Hall–Kier alpha value is -0.670. The Labute approximate surface area is 82.9 Å². The van der Waals surface area contributed by atoms with Gasteiger partial charge in [0, 0.05) is 23.2 Å². The van der Waals surface area contributed by atoms with Crippen LogP contribution in [0.5, 0.6) is 0 Å². The molecular weight excluding hydrogens is 180 g/mol. The second kappa shape index (κ2) is 3.60. The van der Waals surface area contributed by atoms with E-state index in [1.54, 1.807) is 11.8 Å². The highest BCUT2D eigenvalue weighted by Gasteiger charge is 2.14. The van der Waals surface area contributed by atoms with Crippen LogP contribution in [0.4, 0.5) is 5.69 Å². The first-order valence-corrected chi connectivity index (χ1v) is 5.68.